The highest BCUT2D eigenvalue weighted by Gasteiger charge is 2.21. The second-order valence-corrected chi connectivity index (χ2v) is 3.88. The van der Waals surface area contributed by atoms with Gasteiger partial charge in [-0.15, -0.1) is 0 Å². The molecule has 1 fully saturated rings. The molecule has 0 aromatic carbocycles. The molecule has 1 aromatic heterocycles. The Balaban J connectivity index is 1.94. The summed E-state index contributed by atoms with van der Waals surface area (Å²) in [6.45, 7) is 2.92. The van der Waals surface area contributed by atoms with Crippen LogP contribution in [-0.4, -0.2) is 28.5 Å². The Hall–Kier alpha value is -1.49. The van der Waals surface area contributed by atoms with E-state index in [0.717, 1.165) is 31.6 Å². The van der Waals surface area contributed by atoms with Crippen molar-refractivity contribution in [2.75, 3.05) is 11.9 Å². The van der Waals surface area contributed by atoms with E-state index in [1.807, 2.05) is 6.92 Å². The van der Waals surface area contributed by atoms with Crippen molar-refractivity contribution in [1.82, 2.24) is 15.3 Å². The number of amides is 1. The molecular formula is C11H16N4O. The van der Waals surface area contributed by atoms with Gasteiger partial charge in [0, 0.05) is 6.42 Å². The van der Waals surface area contributed by atoms with Gasteiger partial charge in [0.2, 0.25) is 5.91 Å². The molecule has 1 atom stereocenters. The number of anilines is 1. The molecule has 0 spiro atoms. The Kier molecular flexibility index (Phi) is 3.46. The first kappa shape index (κ1) is 11.0. The second kappa shape index (κ2) is 5.03. The number of rotatable bonds is 3. The lowest BCUT2D eigenvalue weighted by Gasteiger charge is -2.10. The minimum absolute atomic E-state index is 0.00495. The largest absolute Gasteiger partial charge is 0.322 e. The fraction of sp³-hybridized carbons (Fsp3) is 0.545. The summed E-state index contributed by atoms with van der Waals surface area (Å²) in [6, 6.07) is -0.0640. The molecule has 16 heavy (non-hydrogen) atoms. The van der Waals surface area contributed by atoms with E-state index in [-0.39, 0.29) is 11.9 Å². The zero-order valence-corrected chi connectivity index (χ0v) is 9.36. The van der Waals surface area contributed by atoms with E-state index in [0.29, 0.717) is 5.69 Å². The first-order chi connectivity index (χ1) is 7.79. The number of aryl methyl sites for hydroxylation is 1. The highest BCUT2D eigenvalue weighted by atomic mass is 16.2. The average Bonchev–Trinajstić information content (AvgIpc) is 2.83. The third-order valence-electron chi connectivity index (χ3n) is 2.67. The van der Waals surface area contributed by atoms with E-state index in [2.05, 4.69) is 20.6 Å². The molecule has 0 bridgehead atoms. The second-order valence-electron chi connectivity index (χ2n) is 3.88. The monoisotopic (exact) mass is 220 g/mol. The molecule has 0 radical (unpaired) electrons. The standard InChI is InChI=1S/C11H16N4O/c1-2-10-13-6-8(7-14-10)15-11(16)9-4-3-5-12-9/h6-7,9,12H,2-5H2,1H3,(H,15,16). The highest BCUT2D eigenvalue weighted by molar-refractivity contribution is 5.94. The summed E-state index contributed by atoms with van der Waals surface area (Å²) in [7, 11) is 0. The maximum Gasteiger partial charge on any atom is 0.241 e. The molecule has 1 saturated heterocycles. The van der Waals surface area contributed by atoms with Crippen LogP contribution in [0.15, 0.2) is 12.4 Å². The van der Waals surface area contributed by atoms with E-state index in [9.17, 15) is 4.79 Å². The molecule has 2 heterocycles. The summed E-state index contributed by atoms with van der Waals surface area (Å²) in [5.74, 6) is 0.794. The molecule has 5 nitrogen and oxygen atoms in total. The minimum atomic E-state index is -0.0640. The van der Waals surface area contributed by atoms with E-state index >= 15 is 0 Å². The van der Waals surface area contributed by atoms with Gasteiger partial charge >= 0.3 is 0 Å². The molecule has 0 aliphatic carbocycles. The van der Waals surface area contributed by atoms with Gasteiger partial charge in [-0.3, -0.25) is 4.79 Å². The topological polar surface area (TPSA) is 66.9 Å². The summed E-state index contributed by atoms with van der Waals surface area (Å²) in [4.78, 5) is 20.0. The molecule has 1 aliphatic heterocycles. The quantitative estimate of drug-likeness (QED) is 0.788. The van der Waals surface area contributed by atoms with Gasteiger partial charge in [0.15, 0.2) is 0 Å². The number of nitrogens with one attached hydrogen (secondary N) is 2. The normalized spacial score (nSPS) is 19.7. The Morgan fingerprint density at radius 2 is 2.31 bits per heavy atom. The fourth-order valence-corrected chi connectivity index (χ4v) is 1.74. The van der Waals surface area contributed by atoms with Gasteiger partial charge in [0.1, 0.15) is 5.82 Å². The lowest BCUT2D eigenvalue weighted by atomic mass is 10.2. The predicted octanol–water partition coefficient (Wildman–Crippen LogP) is 0.729. The first-order valence-electron chi connectivity index (χ1n) is 5.64. The van der Waals surface area contributed by atoms with E-state index in [4.69, 9.17) is 0 Å². The van der Waals surface area contributed by atoms with Crippen LogP contribution in [-0.2, 0) is 11.2 Å². The molecule has 1 unspecified atom stereocenters. The van der Waals surface area contributed by atoms with Gasteiger partial charge in [-0.1, -0.05) is 6.92 Å². The summed E-state index contributed by atoms with van der Waals surface area (Å²) in [5.41, 5.74) is 0.663. The molecule has 1 amide bonds. The van der Waals surface area contributed by atoms with Gasteiger partial charge < -0.3 is 10.6 Å². The fourth-order valence-electron chi connectivity index (χ4n) is 1.74. The van der Waals surface area contributed by atoms with Crippen molar-refractivity contribution < 1.29 is 4.79 Å². The minimum Gasteiger partial charge on any atom is -0.322 e. The van der Waals surface area contributed by atoms with Gasteiger partial charge in [0.25, 0.3) is 0 Å². The van der Waals surface area contributed by atoms with Gasteiger partial charge in [-0.25, -0.2) is 9.97 Å². The van der Waals surface area contributed by atoms with Crippen LogP contribution in [0, 0.1) is 0 Å². The lowest BCUT2D eigenvalue weighted by Crippen LogP contribution is -2.35. The molecule has 2 N–H and O–H groups in total. The average molecular weight is 220 g/mol. The Labute approximate surface area is 94.7 Å². The number of aromatic nitrogens is 2. The van der Waals surface area contributed by atoms with Crippen LogP contribution in [0.4, 0.5) is 5.69 Å². The summed E-state index contributed by atoms with van der Waals surface area (Å²) in [6.07, 6.45) is 6.07. The first-order valence-corrected chi connectivity index (χ1v) is 5.64. The van der Waals surface area contributed by atoms with Crippen LogP contribution in [0.25, 0.3) is 0 Å². The third-order valence-corrected chi connectivity index (χ3v) is 2.67. The van der Waals surface area contributed by atoms with Crippen LogP contribution in [0.5, 0.6) is 0 Å². The number of hydrogen-bond donors (Lipinski definition) is 2. The van der Waals surface area contributed by atoms with Crippen LogP contribution < -0.4 is 10.6 Å². The van der Waals surface area contributed by atoms with Crippen molar-refractivity contribution >= 4 is 11.6 Å². The van der Waals surface area contributed by atoms with E-state index in [1.54, 1.807) is 12.4 Å². The number of hydrogen-bond acceptors (Lipinski definition) is 4. The Morgan fingerprint density at radius 3 is 2.88 bits per heavy atom. The molecule has 2 rings (SSSR count). The molecule has 0 saturated carbocycles. The van der Waals surface area contributed by atoms with E-state index in [1.165, 1.54) is 0 Å². The van der Waals surface area contributed by atoms with Crippen LogP contribution in [0.3, 0.4) is 0 Å². The SMILES string of the molecule is CCc1ncc(NC(=O)C2CCCN2)cn1. The van der Waals surface area contributed by atoms with Crippen molar-refractivity contribution in [3.05, 3.63) is 18.2 Å². The van der Waals surface area contributed by atoms with Gasteiger partial charge in [-0.2, -0.15) is 0 Å². The number of carbonyl (C=O) groups excluding carboxylic acids is 1. The number of carbonyl (C=O) groups is 1. The molecule has 1 aliphatic rings. The zero-order chi connectivity index (χ0) is 11.4. The van der Waals surface area contributed by atoms with Crippen molar-refractivity contribution in [1.29, 1.82) is 0 Å². The van der Waals surface area contributed by atoms with Crippen molar-refractivity contribution in [3.63, 3.8) is 0 Å². The van der Waals surface area contributed by atoms with Crippen LogP contribution >= 0.6 is 0 Å². The summed E-state index contributed by atoms with van der Waals surface area (Å²) >= 11 is 0. The maximum atomic E-state index is 11.7. The molecule has 86 valence electrons. The Bertz CT molecular complexity index is 357. The highest BCUT2D eigenvalue weighted by Crippen LogP contribution is 2.09. The maximum absolute atomic E-state index is 11.7. The van der Waals surface area contributed by atoms with E-state index < -0.39 is 0 Å². The molecule has 1 aromatic rings. The Morgan fingerprint density at radius 1 is 1.56 bits per heavy atom. The summed E-state index contributed by atoms with van der Waals surface area (Å²) < 4.78 is 0. The molecular weight excluding hydrogens is 204 g/mol. The summed E-state index contributed by atoms with van der Waals surface area (Å²) in [5, 5.41) is 5.96. The predicted molar refractivity (Wildman–Crippen MR) is 61.1 cm³/mol. The van der Waals surface area contributed by atoms with Crippen molar-refractivity contribution in [3.8, 4) is 0 Å². The van der Waals surface area contributed by atoms with Crippen molar-refractivity contribution in [2.24, 2.45) is 0 Å². The van der Waals surface area contributed by atoms with Gasteiger partial charge in [-0.05, 0) is 19.4 Å². The number of nitrogens with zero attached hydrogens (tertiary/aromatic N) is 2. The van der Waals surface area contributed by atoms with Crippen LogP contribution in [0.1, 0.15) is 25.6 Å². The zero-order valence-electron chi connectivity index (χ0n) is 9.36. The smallest absolute Gasteiger partial charge is 0.241 e. The molecule has 5 heteroatoms. The van der Waals surface area contributed by atoms with Gasteiger partial charge in [0.05, 0.1) is 24.1 Å². The van der Waals surface area contributed by atoms with Crippen molar-refractivity contribution in [2.45, 2.75) is 32.2 Å². The van der Waals surface area contributed by atoms with Crippen LogP contribution in [0.2, 0.25) is 0 Å². The third kappa shape index (κ3) is 2.55. The lowest BCUT2D eigenvalue weighted by molar-refractivity contribution is -0.117.